The Kier molecular flexibility index (Phi) is 3.92. The van der Waals surface area contributed by atoms with Crippen LogP contribution in [0.15, 0.2) is 24.3 Å². The van der Waals surface area contributed by atoms with Crippen molar-refractivity contribution in [1.82, 2.24) is 4.90 Å². The smallest absolute Gasteiger partial charge is 0.307 e. The monoisotopic (exact) mass is 305 g/mol. The number of hydrogen-bond donors (Lipinski definition) is 1. The number of rotatable bonds is 4. The summed E-state index contributed by atoms with van der Waals surface area (Å²) in [5.74, 6) is -0.576. The first-order valence-electron chi connectivity index (χ1n) is 7.42. The van der Waals surface area contributed by atoms with Crippen molar-refractivity contribution in [2.24, 2.45) is 11.8 Å². The number of fused-ring (bicyclic) bond motifs is 1. The molecule has 3 unspecified atom stereocenters. The molecule has 1 aromatic carbocycles. The predicted octanol–water partition coefficient (Wildman–Crippen LogP) is 1.40. The highest BCUT2D eigenvalue weighted by Crippen LogP contribution is 2.36. The van der Waals surface area contributed by atoms with Crippen LogP contribution in [0.25, 0.3) is 0 Å². The first kappa shape index (κ1) is 14.7. The number of ether oxygens (including phenoxy) is 2. The highest BCUT2D eigenvalue weighted by molar-refractivity contribution is 5.86. The standard InChI is InChI=1S/C16H19NO5/c1-17(15(18)11-6-7-12(11)16(19)20)8-10-9-21-13-4-2-3-5-14(13)22-10/h2-5,10-12H,6-9H2,1H3,(H,19,20). The number of aliphatic carboxylic acids is 1. The van der Waals surface area contributed by atoms with Crippen molar-refractivity contribution < 1.29 is 24.2 Å². The van der Waals surface area contributed by atoms with Crippen LogP contribution >= 0.6 is 0 Å². The van der Waals surface area contributed by atoms with Gasteiger partial charge >= 0.3 is 5.97 Å². The summed E-state index contributed by atoms with van der Waals surface area (Å²) in [6.07, 6.45) is 0.980. The van der Waals surface area contributed by atoms with Crippen molar-refractivity contribution in [2.45, 2.75) is 18.9 Å². The van der Waals surface area contributed by atoms with Crippen LogP contribution in [0.4, 0.5) is 0 Å². The molecule has 0 saturated heterocycles. The van der Waals surface area contributed by atoms with Gasteiger partial charge in [0.05, 0.1) is 18.4 Å². The van der Waals surface area contributed by atoms with E-state index in [1.807, 2.05) is 24.3 Å². The molecule has 3 rings (SSSR count). The zero-order valence-corrected chi connectivity index (χ0v) is 12.4. The highest BCUT2D eigenvalue weighted by atomic mass is 16.6. The van der Waals surface area contributed by atoms with Gasteiger partial charge in [0.1, 0.15) is 6.61 Å². The van der Waals surface area contributed by atoms with Gasteiger partial charge in [0.2, 0.25) is 5.91 Å². The van der Waals surface area contributed by atoms with Crippen LogP contribution < -0.4 is 9.47 Å². The molecule has 1 aliphatic carbocycles. The lowest BCUT2D eigenvalue weighted by atomic mass is 9.73. The summed E-state index contributed by atoms with van der Waals surface area (Å²) in [4.78, 5) is 24.9. The molecule has 2 aliphatic rings. The number of likely N-dealkylation sites (N-methyl/N-ethyl adjacent to an activating group) is 1. The predicted molar refractivity (Wildman–Crippen MR) is 77.8 cm³/mol. The third-order valence-corrected chi connectivity index (χ3v) is 4.33. The zero-order valence-electron chi connectivity index (χ0n) is 12.4. The quantitative estimate of drug-likeness (QED) is 0.910. The van der Waals surface area contributed by atoms with E-state index in [1.165, 1.54) is 0 Å². The van der Waals surface area contributed by atoms with Crippen LogP contribution in [-0.4, -0.2) is 48.2 Å². The second-order valence-corrected chi connectivity index (χ2v) is 5.84. The minimum atomic E-state index is -0.885. The fraction of sp³-hybridized carbons (Fsp3) is 0.500. The molecule has 0 spiro atoms. The second kappa shape index (κ2) is 5.87. The summed E-state index contributed by atoms with van der Waals surface area (Å²) in [7, 11) is 1.68. The Bertz CT molecular complexity index is 588. The van der Waals surface area contributed by atoms with Crippen LogP contribution in [0.1, 0.15) is 12.8 Å². The molecule has 0 bridgehead atoms. The van der Waals surface area contributed by atoms with Gasteiger partial charge < -0.3 is 19.5 Å². The minimum absolute atomic E-state index is 0.124. The lowest BCUT2D eigenvalue weighted by Gasteiger charge is -2.36. The molecule has 1 amide bonds. The van der Waals surface area contributed by atoms with Gasteiger partial charge in [0.15, 0.2) is 17.6 Å². The minimum Gasteiger partial charge on any atom is -0.486 e. The fourth-order valence-corrected chi connectivity index (χ4v) is 2.92. The van der Waals surface area contributed by atoms with Crippen molar-refractivity contribution >= 4 is 11.9 Å². The zero-order chi connectivity index (χ0) is 15.7. The van der Waals surface area contributed by atoms with Crippen molar-refractivity contribution in [3.63, 3.8) is 0 Å². The molecular formula is C16H19NO5. The normalized spacial score (nSPS) is 26.0. The first-order valence-corrected chi connectivity index (χ1v) is 7.42. The van der Waals surface area contributed by atoms with Gasteiger partial charge in [-0.25, -0.2) is 0 Å². The Morgan fingerprint density at radius 2 is 1.91 bits per heavy atom. The van der Waals surface area contributed by atoms with Crippen LogP contribution in [0.3, 0.4) is 0 Å². The van der Waals surface area contributed by atoms with Crippen LogP contribution in [0.2, 0.25) is 0 Å². The summed E-state index contributed by atoms with van der Waals surface area (Å²) < 4.78 is 11.4. The third-order valence-electron chi connectivity index (χ3n) is 4.33. The van der Waals surface area contributed by atoms with Crippen LogP contribution in [-0.2, 0) is 9.59 Å². The van der Waals surface area contributed by atoms with Gasteiger partial charge in [-0.3, -0.25) is 9.59 Å². The van der Waals surface area contributed by atoms with Gasteiger partial charge in [0.25, 0.3) is 0 Å². The Labute approximate surface area is 128 Å². The largest absolute Gasteiger partial charge is 0.486 e. The van der Waals surface area contributed by atoms with E-state index in [0.717, 1.165) is 0 Å². The summed E-state index contributed by atoms with van der Waals surface area (Å²) >= 11 is 0. The molecule has 1 aromatic rings. The topological polar surface area (TPSA) is 76.1 Å². The highest BCUT2D eigenvalue weighted by Gasteiger charge is 2.43. The lowest BCUT2D eigenvalue weighted by Crippen LogP contribution is -2.48. The SMILES string of the molecule is CN(CC1COc2ccccc2O1)C(=O)C1CCC1C(=O)O. The van der Waals surface area contributed by atoms with E-state index in [1.54, 1.807) is 11.9 Å². The molecule has 6 nitrogen and oxygen atoms in total. The Hall–Kier alpha value is -2.24. The number of para-hydroxylation sites is 2. The first-order chi connectivity index (χ1) is 10.6. The molecule has 22 heavy (non-hydrogen) atoms. The number of carboxylic acid groups (broad SMARTS) is 1. The molecule has 1 saturated carbocycles. The van der Waals surface area contributed by atoms with E-state index in [9.17, 15) is 9.59 Å². The van der Waals surface area contributed by atoms with E-state index < -0.39 is 17.8 Å². The summed E-state index contributed by atoms with van der Waals surface area (Å²) in [5.41, 5.74) is 0. The molecule has 1 aliphatic heterocycles. The summed E-state index contributed by atoms with van der Waals surface area (Å²) in [6, 6.07) is 7.41. The number of benzene rings is 1. The summed E-state index contributed by atoms with van der Waals surface area (Å²) in [6.45, 7) is 0.762. The molecule has 6 heteroatoms. The van der Waals surface area contributed by atoms with Gasteiger partial charge in [-0.1, -0.05) is 12.1 Å². The van der Waals surface area contributed by atoms with Crippen molar-refractivity contribution in [3.8, 4) is 11.5 Å². The number of carbonyl (C=O) groups is 2. The second-order valence-electron chi connectivity index (χ2n) is 5.84. The molecule has 1 fully saturated rings. The Balaban J connectivity index is 1.57. The summed E-state index contributed by atoms with van der Waals surface area (Å²) in [5, 5.41) is 9.05. The maximum absolute atomic E-state index is 12.3. The number of amides is 1. The van der Waals surface area contributed by atoms with Crippen LogP contribution in [0, 0.1) is 11.8 Å². The fourth-order valence-electron chi connectivity index (χ4n) is 2.92. The molecule has 3 atom stereocenters. The number of hydrogen-bond acceptors (Lipinski definition) is 4. The van der Waals surface area contributed by atoms with Crippen molar-refractivity contribution in [1.29, 1.82) is 0 Å². The van der Waals surface area contributed by atoms with E-state index in [0.29, 0.717) is 37.5 Å². The van der Waals surface area contributed by atoms with Gasteiger partial charge in [-0.15, -0.1) is 0 Å². The molecule has 0 aromatic heterocycles. The van der Waals surface area contributed by atoms with E-state index in [-0.39, 0.29) is 12.0 Å². The average molecular weight is 305 g/mol. The van der Waals surface area contributed by atoms with Crippen molar-refractivity contribution in [3.05, 3.63) is 24.3 Å². The maximum atomic E-state index is 12.3. The molecule has 118 valence electrons. The van der Waals surface area contributed by atoms with Gasteiger partial charge in [0, 0.05) is 7.05 Å². The third kappa shape index (κ3) is 2.73. The van der Waals surface area contributed by atoms with E-state index in [4.69, 9.17) is 14.6 Å². The van der Waals surface area contributed by atoms with Crippen molar-refractivity contribution in [2.75, 3.05) is 20.2 Å². The number of nitrogens with zero attached hydrogens (tertiary/aromatic N) is 1. The van der Waals surface area contributed by atoms with E-state index >= 15 is 0 Å². The van der Waals surface area contributed by atoms with Crippen LogP contribution in [0.5, 0.6) is 11.5 Å². The average Bonchev–Trinajstić information content (AvgIpc) is 2.45. The van der Waals surface area contributed by atoms with Gasteiger partial charge in [-0.2, -0.15) is 0 Å². The molecule has 0 radical (unpaired) electrons. The number of carbonyl (C=O) groups excluding carboxylic acids is 1. The lowest BCUT2D eigenvalue weighted by molar-refractivity contribution is -0.156. The molecule has 1 N–H and O–H groups in total. The Morgan fingerprint density at radius 3 is 2.55 bits per heavy atom. The Morgan fingerprint density at radius 1 is 1.23 bits per heavy atom. The van der Waals surface area contributed by atoms with Gasteiger partial charge in [-0.05, 0) is 25.0 Å². The van der Waals surface area contributed by atoms with E-state index in [2.05, 4.69) is 0 Å². The number of carboxylic acids is 1. The molecule has 1 heterocycles. The molecular weight excluding hydrogens is 286 g/mol. The maximum Gasteiger partial charge on any atom is 0.307 e.